The second kappa shape index (κ2) is 6.66. The van der Waals surface area contributed by atoms with Gasteiger partial charge in [-0.2, -0.15) is 0 Å². The summed E-state index contributed by atoms with van der Waals surface area (Å²) < 4.78 is 5.64. The van der Waals surface area contributed by atoms with Crippen LogP contribution in [-0.4, -0.2) is 36.7 Å². The Hall–Kier alpha value is -1.19. The number of amides is 1. The van der Waals surface area contributed by atoms with Gasteiger partial charge in [-0.05, 0) is 40.8 Å². The number of hydrogen-bond acceptors (Lipinski definition) is 4. The molecule has 0 aliphatic carbocycles. The first-order valence-corrected chi connectivity index (χ1v) is 6.14. The van der Waals surface area contributed by atoms with Crippen LogP contribution in [-0.2, 0) is 9.53 Å². The van der Waals surface area contributed by atoms with Crippen molar-refractivity contribution in [3.8, 4) is 0 Å². The van der Waals surface area contributed by atoms with Crippen molar-refractivity contribution in [2.45, 2.75) is 6.10 Å². The number of carbonyl (C=O) groups excluding carboxylic acids is 1. The number of aromatic carboxylic acids is 1. The predicted molar refractivity (Wildman–Crippen MR) is 74.6 cm³/mol. The van der Waals surface area contributed by atoms with Gasteiger partial charge in [-0.3, -0.25) is 4.79 Å². The van der Waals surface area contributed by atoms with E-state index in [1.165, 1.54) is 19.2 Å². The third-order valence-corrected chi connectivity index (χ3v) is 2.93. The van der Waals surface area contributed by atoms with Gasteiger partial charge in [0.25, 0.3) is 5.91 Å². The molecule has 0 saturated carbocycles. The van der Waals surface area contributed by atoms with Crippen LogP contribution in [0.5, 0.6) is 0 Å². The van der Waals surface area contributed by atoms with Crippen LogP contribution in [0, 0.1) is 3.57 Å². The Balaban J connectivity index is 2.97. The van der Waals surface area contributed by atoms with Crippen LogP contribution in [0.3, 0.4) is 0 Å². The summed E-state index contributed by atoms with van der Waals surface area (Å²) in [5, 5.41) is 11.5. The number of nitrogens with two attached hydrogens (primary N) is 1. The molecule has 0 heterocycles. The Morgan fingerprint density at radius 2 is 2.22 bits per heavy atom. The largest absolute Gasteiger partial charge is 0.478 e. The molecule has 0 aliphatic rings. The summed E-state index contributed by atoms with van der Waals surface area (Å²) in [4.78, 5) is 22.8. The quantitative estimate of drug-likeness (QED) is 0.674. The third-order valence-electron chi connectivity index (χ3n) is 2.26. The summed E-state index contributed by atoms with van der Waals surface area (Å²) in [6.45, 7) is 0.0229. The Labute approximate surface area is 118 Å². The van der Waals surface area contributed by atoms with Crippen LogP contribution in [0.15, 0.2) is 18.2 Å². The molecule has 0 aromatic heterocycles. The number of nitrogens with one attached hydrogen (secondary N) is 1. The highest BCUT2D eigenvalue weighted by atomic mass is 127. The molecule has 4 N–H and O–H groups in total. The summed E-state index contributed by atoms with van der Waals surface area (Å²) in [5.41, 5.74) is 5.61. The van der Waals surface area contributed by atoms with Gasteiger partial charge in [0.1, 0.15) is 6.10 Å². The normalized spacial score (nSPS) is 11.9. The molecule has 1 atom stereocenters. The summed E-state index contributed by atoms with van der Waals surface area (Å²) in [6, 6.07) is 4.71. The molecule has 18 heavy (non-hydrogen) atoms. The second-order valence-corrected chi connectivity index (χ2v) is 4.69. The van der Waals surface area contributed by atoms with Crippen LogP contribution >= 0.6 is 22.6 Å². The number of ether oxygens (including phenoxy) is 1. The van der Waals surface area contributed by atoms with E-state index in [0.29, 0.717) is 0 Å². The van der Waals surface area contributed by atoms with E-state index in [4.69, 9.17) is 15.6 Å². The number of benzene rings is 1. The predicted octanol–water partition coefficient (Wildman–Crippen LogP) is 0.902. The zero-order chi connectivity index (χ0) is 13.7. The van der Waals surface area contributed by atoms with E-state index < -0.39 is 18.0 Å². The van der Waals surface area contributed by atoms with Gasteiger partial charge in [0.2, 0.25) is 0 Å². The van der Waals surface area contributed by atoms with Crippen LogP contribution in [0.25, 0.3) is 0 Å². The highest BCUT2D eigenvalue weighted by Gasteiger charge is 2.19. The number of carbonyl (C=O) groups is 2. The van der Waals surface area contributed by atoms with Crippen molar-refractivity contribution in [3.05, 3.63) is 27.3 Å². The minimum absolute atomic E-state index is 0.0229. The van der Waals surface area contributed by atoms with E-state index in [2.05, 4.69) is 5.32 Å². The van der Waals surface area contributed by atoms with E-state index >= 15 is 0 Å². The van der Waals surface area contributed by atoms with Gasteiger partial charge in [-0.1, -0.05) is 0 Å². The van der Waals surface area contributed by atoms with Crippen molar-refractivity contribution in [2.24, 2.45) is 5.73 Å². The number of methoxy groups -OCH3 is 1. The van der Waals surface area contributed by atoms with E-state index in [-0.39, 0.29) is 17.8 Å². The maximum atomic E-state index is 11.7. The summed E-state index contributed by atoms with van der Waals surface area (Å²) in [7, 11) is 1.36. The molecule has 0 spiro atoms. The molecule has 0 fully saturated rings. The zero-order valence-corrected chi connectivity index (χ0v) is 11.8. The van der Waals surface area contributed by atoms with Gasteiger partial charge in [-0.25, -0.2) is 4.79 Å². The van der Waals surface area contributed by atoms with Gasteiger partial charge in [0.05, 0.1) is 11.3 Å². The lowest BCUT2D eigenvalue weighted by molar-refractivity contribution is -0.125. The molecule has 1 aromatic carbocycles. The van der Waals surface area contributed by atoms with Crippen molar-refractivity contribution >= 4 is 40.2 Å². The number of anilines is 1. The van der Waals surface area contributed by atoms with Gasteiger partial charge in [0, 0.05) is 17.2 Å². The number of rotatable bonds is 5. The minimum Gasteiger partial charge on any atom is -0.478 e. The summed E-state index contributed by atoms with van der Waals surface area (Å²) in [6.07, 6.45) is -0.800. The smallest absolute Gasteiger partial charge is 0.337 e. The molecule has 1 rings (SSSR count). The molecule has 0 bridgehead atoms. The standard InChI is InChI=1S/C11H13IN2O4/c1-18-9(5-13)10(15)14-8-3-2-6(12)4-7(8)11(16)17/h2-4,9H,5,13H2,1H3,(H,14,15)(H,16,17). The Kier molecular flexibility index (Phi) is 5.51. The maximum Gasteiger partial charge on any atom is 0.337 e. The number of hydrogen-bond donors (Lipinski definition) is 3. The molecule has 0 saturated heterocycles. The van der Waals surface area contributed by atoms with E-state index in [9.17, 15) is 9.59 Å². The van der Waals surface area contributed by atoms with Crippen LogP contribution in [0.1, 0.15) is 10.4 Å². The topological polar surface area (TPSA) is 102 Å². The third kappa shape index (κ3) is 3.65. The minimum atomic E-state index is -1.11. The highest BCUT2D eigenvalue weighted by Crippen LogP contribution is 2.19. The SMILES string of the molecule is COC(CN)C(=O)Nc1ccc(I)cc1C(=O)O. The van der Waals surface area contributed by atoms with Gasteiger partial charge in [-0.15, -0.1) is 0 Å². The summed E-state index contributed by atoms with van der Waals surface area (Å²) in [5.74, 6) is -1.57. The highest BCUT2D eigenvalue weighted by molar-refractivity contribution is 14.1. The maximum absolute atomic E-state index is 11.7. The molecule has 98 valence electrons. The Morgan fingerprint density at radius 1 is 1.56 bits per heavy atom. The van der Waals surface area contributed by atoms with Crippen molar-refractivity contribution in [1.82, 2.24) is 0 Å². The van der Waals surface area contributed by atoms with Crippen LogP contribution in [0.2, 0.25) is 0 Å². The first-order chi connectivity index (χ1) is 8.49. The lowest BCUT2D eigenvalue weighted by atomic mass is 10.1. The Bertz CT molecular complexity index is 460. The molecular formula is C11H13IN2O4. The average Bonchev–Trinajstić information content (AvgIpc) is 2.32. The van der Waals surface area contributed by atoms with E-state index in [1.807, 2.05) is 22.6 Å². The Morgan fingerprint density at radius 3 is 2.72 bits per heavy atom. The molecular weight excluding hydrogens is 351 g/mol. The molecule has 0 aliphatic heterocycles. The number of carboxylic acids is 1. The van der Waals surface area contributed by atoms with E-state index in [1.54, 1.807) is 6.07 Å². The first-order valence-electron chi connectivity index (χ1n) is 5.06. The lowest BCUT2D eigenvalue weighted by Crippen LogP contribution is -2.36. The second-order valence-electron chi connectivity index (χ2n) is 3.44. The fourth-order valence-corrected chi connectivity index (χ4v) is 1.82. The molecule has 0 radical (unpaired) electrons. The fraction of sp³-hybridized carbons (Fsp3) is 0.273. The van der Waals surface area contributed by atoms with Crippen molar-refractivity contribution < 1.29 is 19.4 Å². The van der Waals surface area contributed by atoms with Gasteiger partial charge in [0.15, 0.2) is 0 Å². The molecule has 1 amide bonds. The molecule has 7 heteroatoms. The van der Waals surface area contributed by atoms with Crippen LogP contribution in [0.4, 0.5) is 5.69 Å². The molecule has 1 unspecified atom stereocenters. The van der Waals surface area contributed by atoms with Crippen molar-refractivity contribution in [3.63, 3.8) is 0 Å². The van der Waals surface area contributed by atoms with Gasteiger partial charge >= 0.3 is 5.97 Å². The first kappa shape index (κ1) is 14.9. The van der Waals surface area contributed by atoms with Crippen LogP contribution < -0.4 is 11.1 Å². The number of carboxylic acid groups (broad SMARTS) is 1. The van der Waals surface area contributed by atoms with Gasteiger partial charge < -0.3 is 20.9 Å². The molecule has 6 nitrogen and oxygen atoms in total. The average molecular weight is 364 g/mol. The monoisotopic (exact) mass is 364 g/mol. The summed E-state index contributed by atoms with van der Waals surface area (Å²) >= 11 is 2.00. The lowest BCUT2D eigenvalue weighted by Gasteiger charge is -2.14. The van der Waals surface area contributed by atoms with Crippen molar-refractivity contribution in [2.75, 3.05) is 19.0 Å². The molecule has 1 aromatic rings. The van der Waals surface area contributed by atoms with E-state index in [0.717, 1.165) is 3.57 Å². The zero-order valence-electron chi connectivity index (χ0n) is 9.64. The fourth-order valence-electron chi connectivity index (χ4n) is 1.33. The van der Waals surface area contributed by atoms with Crippen molar-refractivity contribution in [1.29, 1.82) is 0 Å². The number of halogens is 1.